The Hall–Kier alpha value is -1.65. The molecule has 0 unspecified atom stereocenters. The highest BCUT2D eigenvalue weighted by Gasteiger charge is 2.10. The first-order valence-corrected chi connectivity index (χ1v) is 3.21. The molecule has 0 amide bonds. The van der Waals surface area contributed by atoms with E-state index in [9.17, 15) is 4.79 Å². The van der Waals surface area contributed by atoms with E-state index < -0.39 is 0 Å². The zero-order chi connectivity index (χ0) is 8.97. The fraction of sp³-hybridized carbons (Fsp3) is 0.286. The molecule has 5 heteroatoms. The van der Waals surface area contributed by atoms with Gasteiger partial charge in [0.05, 0.1) is 14.2 Å². The minimum Gasteiger partial charge on any atom is -0.490 e. The van der Waals surface area contributed by atoms with E-state index in [0.717, 1.165) is 0 Å². The number of hydrogen-bond donors (Lipinski definition) is 0. The third-order valence-corrected chi connectivity index (χ3v) is 1.31. The number of carbonyl (C=O) groups excluding carboxylic acids is 1. The van der Waals surface area contributed by atoms with Crippen molar-refractivity contribution in [2.24, 2.45) is 0 Å². The Balaban J connectivity index is 3.21. The van der Waals surface area contributed by atoms with Crippen LogP contribution in [0.5, 0.6) is 11.6 Å². The molecule has 0 spiro atoms. The van der Waals surface area contributed by atoms with Gasteiger partial charge in [-0.3, -0.25) is 4.79 Å². The molecule has 1 rings (SSSR count). The number of aromatic nitrogens is 2. The van der Waals surface area contributed by atoms with E-state index in [2.05, 4.69) is 9.97 Å². The van der Waals surface area contributed by atoms with Crippen LogP contribution in [0.4, 0.5) is 0 Å². The summed E-state index contributed by atoms with van der Waals surface area (Å²) in [5.74, 6) is 0.518. The molecule has 0 aliphatic heterocycles. The third kappa shape index (κ3) is 1.34. The zero-order valence-corrected chi connectivity index (χ0v) is 6.77. The monoisotopic (exact) mass is 168 g/mol. The molecule has 0 aliphatic rings. The van der Waals surface area contributed by atoms with Gasteiger partial charge in [-0.25, -0.2) is 4.98 Å². The smallest absolute Gasteiger partial charge is 0.260 e. The van der Waals surface area contributed by atoms with E-state index in [1.165, 1.54) is 20.5 Å². The maximum absolute atomic E-state index is 10.4. The van der Waals surface area contributed by atoms with Crippen molar-refractivity contribution in [2.75, 3.05) is 14.2 Å². The minimum absolute atomic E-state index is 0.185. The lowest BCUT2D eigenvalue weighted by Crippen LogP contribution is -1.99. The third-order valence-electron chi connectivity index (χ3n) is 1.31. The van der Waals surface area contributed by atoms with Crippen LogP contribution in [-0.4, -0.2) is 30.5 Å². The number of ether oxygens (including phenoxy) is 2. The molecule has 0 saturated heterocycles. The van der Waals surface area contributed by atoms with Crippen molar-refractivity contribution >= 4 is 6.29 Å². The summed E-state index contributed by atoms with van der Waals surface area (Å²) in [5, 5.41) is 0. The predicted octanol–water partition coefficient (Wildman–Crippen LogP) is 0.306. The molecule has 5 nitrogen and oxygen atoms in total. The van der Waals surface area contributed by atoms with Crippen LogP contribution in [0.15, 0.2) is 6.33 Å². The fourth-order valence-electron chi connectivity index (χ4n) is 0.792. The summed E-state index contributed by atoms with van der Waals surface area (Å²) in [6.07, 6.45) is 1.83. The van der Waals surface area contributed by atoms with Crippen molar-refractivity contribution < 1.29 is 14.3 Å². The van der Waals surface area contributed by atoms with Crippen LogP contribution in [0, 0.1) is 0 Å². The molecule has 64 valence electrons. The van der Waals surface area contributed by atoms with Gasteiger partial charge in [0.25, 0.3) is 5.88 Å². The van der Waals surface area contributed by atoms with Gasteiger partial charge in [-0.1, -0.05) is 0 Å². The number of hydrogen-bond acceptors (Lipinski definition) is 5. The van der Waals surface area contributed by atoms with Gasteiger partial charge >= 0.3 is 0 Å². The molecule has 0 atom stereocenters. The molecule has 0 fully saturated rings. The van der Waals surface area contributed by atoms with Crippen LogP contribution in [0.2, 0.25) is 0 Å². The summed E-state index contributed by atoms with van der Waals surface area (Å²) in [4.78, 5) is 17.9. The van der Waals surface area contributed by atoms with Gasteiger partial charge in [-0.05, 0) is 0 Å². The normalized spacial score (nSPS) is 9.17. The van der Waals surface area contributed by atoms with Gasteiger partial charge in [-0.2, -0.15) is 4.98 Å². The molecule has 0 aliphatic carbocycles. The predicted molar refractivity (Wildman–Crippen MR) is 40.5 cm³/mol. The minimum atomic E-state index is 0.185. The highest BCUT2D eigenvalue weighted by molar-refractivity contribution is 5.77. The molecule has 1 aromatic heterocycles. The van der Waals surface area contributed by atoms with Gasteiger partial charge in [0.1, 0.15) is 6.33 Å². The Morgan fingerprint density at radius 3 is 2.58 bits per heavy atom. The Labute approximate surface area is 69.4 Å². The Morgan fingerprint density at radius 1 is 1.33 bits per heavy atom. The van der Waals surface area contributed by atoms with E-state index in [1.54, 1.807) is 0 Å². The van der Waals surface area contributed by atoms with Crippen molar-refractivity contribution in [3.05, 3.63) is 12.0 Å². The topological polar surface area (TPSA) is 61.3 Å². The van der Waals surface area contributed by atoms with E-state index in [-0.39, 0.29) is 17.3 Å². The van der Waals surface area contributed by atoms with E-state index in [0.29, 0.717) is 6.29 Å². The van der Waals surface area contributed by atoms with Crippen molar-refractivity contribution in [1.29, 1.82) is 0 Å². The first-order valence-electron chi connectivity index (χ1n) is 3.21. The summed E-state index contributed by atoms with van der Waals surface area (Å²) in [6, 6.07) is 0. The lowest BCUT2D eigenvalue weighted by molar-refractivity contribution is 0.111. The average molecular weight is 168 g/mol. The largest absolute Gasteiger partial charge is 0.490 e. The van der Waals surface area contributed by atoms with Crippen LogP contribution < -0.4 is 9.47 Å². The quantitative estimate of drug-likeness (QED) is 0.607. The van der Waals surface area contributed by atoms with Crippen molar-refractivity contribution in [2.45, 2.75) is 0 Å². The summed E-state index contributed by atoms with van der Waals surface area (Å²) >= 11 is 0. The SMILES string of the molecule is COc1ncnc(C=O)c1OC. The average Bonchev–Trinajstić information content (AvgIpc) is 2.16. The van der Waals surface area contributed by atoms with Gasteiger partial charge in [-0.15, -0.1) is 0 Å². The summed E-state index contributed by atoms with van der Waals surface area (Å²) < 4.78 is 9.72. The number of nitrogens with zero attached hydrogens (tertiary/aromatic N) is 2. The van der Waals surface area contributed by atoms with Crippen molar-refractivity contribution in [1.82, 2.24) is 9.97 Å². The van der Waals surface area contributed by atoms with Crippen LogP contribution in [-0.2, 0) is 0 Å². The number of rotatable bonds is 3. The summed E-state index contributed by atoms with van der Waals surface area (Å²) in [5.41, 5.74) is 0.185. The van der Waals surface area contributed by atoms with Gasteiger partial charge in [0.2, 0.25) is 5.75 Å². The number of methoxy groups -OCH3 is 2. The molecular formula is C7H8N2O3. The van der Waals surface area contributed by atoms with Crippen molar-refractivity contribution in [3.8, 4) is 11.6 Å². The fourth-order valence-corrected chi connectivity index (χ4v) is 0.792. The first kappa shape index (κ1) is 8.45. The van der Waals surface area contributed by atoms with Gasteiger partial charge < -0.3 is 9.47 Å². The second-order valence-corrected chi connectivity index (χ2v) is 1.92. The Morgan fingerprint density at radius 2 is 2.08 bits per heavy atom. The highest BCUT2D eigenvalue weighted by Crippen LogP contribution is 2.24. The first-order chi connectivity index (χ1) is 5.83. The highest BCUT2D eigenvalue weighted by atomic mass is 16.5. The lowest BCUT2D eigenvalue weighted by Gasteiger charge is -2.05. The number of aldehydes is 1. The second-order valence-electron chi connectivity index (χ2n) is 1.92. The van der Waals surface area contributed by atoms with Gasteiger partial charge in [0.15, 0.2) is 12.0 Å². The Bertz CT molecular complexity index is 288. The second kappa shape index (κ2) is 3.66. The van der Waals surface area contributed by atoms with Crippen LogP contribution >= 0.6 is 0 Å². The molecule has 0 N–H and O–H groups in total. The molecule has 1 aromatic rings. The molecule has 0 aromatic carbocycles. The molecule has 12 heavy (non-hydrogen) atoms. The molecule has 0 saturated carbocycles. The van der Waals surface area contributed by atoms with Crippen LogP contribution in [0.3, 0.4) is 0 Å². The molecule has 0 bridgehead atoms. The zero-order valence-electron chi connectivity index (χ0n) is 6.77. The molecule has 1 heterocycles. The lowest BCUT2D eigenvalue weighted by atomic mass is 10.4. The van der Waals surface area contributed by atoms with E-state index in [4.69, 9.17) is 9.47 Å². The van der Waals surface area contributed by atoms with Crippen LogP contribution in [0.1, 0.15) is 10.5 Å². The van der Waals surface area contributed by atoms with E-state index in [1.807, 2.05) is 0 Å². The maximum atomic E-state index is 10.4. The summed E-state index contributed by atoms with van der Waals surface area (Å²) in [7, 11) is 2.87. The molecular weight excluding hydrogens is 160 g/mol. The van der Waals surface area contributed by atoms with Crippen LogP contribution in [0.25, 0.3) is 0 Å². The number of carbonyl (C=O) groups is 1. The standard InChI is InChI=1S/C7H8N2O3/c1-11-6-5(3-10)8-4-9-7(6)12-2/h3-4H,1-2H3. The maximum Gasteiger partial charge on any atom is 0.260 e. The summed E-state index contributed by atoms with van der Waals surface area (Å²) in [6.45, 7) is 0. The van der Waals surface area contributed by atoms with Gasteiger partial charge in [0, 0.05) is 0 Å². The Kier molecular flexibility index (Phi) is 2.57. The van der Waals surface area contributed by atoms with E-state index >= 15 is 0 Å². The van der Waals surface area contributed by atoms with Crippen molar-refractivity contribution in [3.63, 3.8) is 0 Å². The molecule has 0 radical (unpaired) electrons.